The molecule has 1 heterocycles. The maximum atomic E-state index is 10.7. The summed E-state index contributed by atoms with van der Waals surface area (Å²) in [7, 11) is 1.82. The smallest absolute Gasteiger partial charge is 0.191 e. The van der Waals surface area contributed by atoms with Crippen LogP contribution in [0.3, 0.4) is 0 Å². The minimum Gasteiger partial charge on any atom is -0.489 e. The van der Waals surface area contributed by atoms with E-state index in [0.29, 0.717) is 25.7 Å². The third kappa shape index (κ3) is 7.16. The van der Waals surface area contributed by atoms with Crippen LogP contribution in [0.2, 0.25) is 0 Å². The fraction of sp³-hybridized carbons (Fsp3) is 0.400. The lowest BCUT2D eigenvalue weighted by molar-refractivity contribution is 0.0616. The van der Waals surface area contributed by atoms with E-state index in [1.54, 1.807) is 30.1 Å². The van der Waals surface area contributed by atoms with Gasteiger partial charge < -0.3 is 20.5 Å². The number of halogens is 1. The summed E-state index contributed by atoms with van der Waals surface area (Å²) < 4.78 is 7.35. The Morgan fingerprint density at radius 3 is 2.79 bits per heavy atom. The van der Waals surface area contributed by atoms with Gasteiger partial charge in [-0.1, -0.05) is 30.9 Å². The number of nitrogens with zero attached hydrogens (tertiary/aromatic N) is 3. The molecule has 0 saturated heterocycles. The van der Waals surface area contributed by atoms with Gasteiger partial charge in [-0.25, -0.2) is 4.99 Å². The first kappa shape index (κ1) is 24.0. The van der Waals surface area contributed by atoms with Crippen LogP contribution < -0.4 is 15.4 Å². The van der Waals surface area contributed by atoms with E-state index < -0.39 is 5.60 Å². The summed E-state index contributed by atoms with van der Waals surface area (Å²) in [5, 5.41) is 21.2. The Hall–Kier alpha value is -2.07. The molecule has 1 unspecified atom stereocenters. The van der Waals surface area contributed by atoms with Crippen molar-refractivity contribution in [2.24, 2.45) is 12.0 Å². The summed E-state index contributed by atoms with van der Waals surface area (Å²) in [6.07, 6.45) is 5.18. The zero-order valence-corrected chi connectivity index (χ0v) is 19.0. The average Bonchev–Trinajstić information content (AvgIpc) is 3.10. The average molecular weight is 499 g/mol. The van der Waals surface area contributed by atoms with Gasteiger partial charge >= 0.3 is 0 Å². The highest BCUT2D eigenvalue weighted by molar-refractivity contribution is 14.0. The molecule has 0 radical (unpaired) electrons. The van der Waals surface area contributed by atoms with Gasteiger partial charge in [-0.2, -0.15) is 5.10 Å². The van der Waals surface area contributed by atoms with Crippen molar-refractivity contribution in [3.05, 3.63) is 60.4 Å². The van der Waals surface area contributed by atoms with Crippen LogP contribution in [-0.4, -0.2) is 40.5 Å². The number of hydrogen-bond acceptors (Lipinski definition) is 4. The van der Waals surface area contributed by atoms with E-state index in [1.165, 1.54) is 0 Å². The Kier molecular flexibility index (Phi) is 10.0. The van der Waals surface area contributed by atoms with Crippen LogP contribution in [-0.2, 0) is 19.2 Å². The molecule has 0 amide bonds. The highest BCUT2D eigenvalue weighted by Crippen LogP contribution is 2.20. The third-order valence-electron chi connectivity index (χ3n) is 4.01. The largest absolute Gasteiger partial charge is 0.489 e. The maximum absolute atomic E-state index is 10.7. The number of aromatic nitrogens is 2. The molecule has 3 N–H and O–H groups in total. The molecule has 0 fully saturated rings. The Morgan fingerprint density at radius 1 is 1.39 bits per heavy atom. The molecular weight excluding hydrogens is 469 g/mol. The van der Waals surface area contributed by atoms with E-state index in [1.807, 2.05) is 38.2 Å². The molecule has 0 bridgehead atoms. The summed E-state index contributed by atoms with van der Waals surface area (Å²) in [5.74, 6) is 1.42. The van der Waals surface area contributed by atoms with Crippen molar-refractivity contribution in [3.8, 4) is 5.75 Å². The molecule has 154 valence electrons. The van der Waals surface area contributed by atoms with Crippen molar-refractivity contribution < 1.29 is 9.84 Å². The molecule has 1 aromatic carbocycles. The van der Waals surface area contributed by atoms with Crippen molar-refractivity contribution >= 4 is 29.9 Å². The number of rotatable bonds is 9. The van der Waals surface area contributed by atoms with Crippen molar-refractivity contribution in [3.63, 3.8) is 0 Å². The van der Waals surface area contributed by atoms with Gasteiger partial charge in [0.15, 0.2) is 5.96 Å². The lowest BCUT2D eigenvalue weighted by Crippen LogP contribution is -2.44. The number of nitrogens with one attached hydrogen (secondary N) is 2. The Labute approximate surface area is 183 Å². The van der Waals surface area contributed by atoms with Gasteiger partial charge in [0.05, 0.1) is 19.3 Å². The monoisotopic (exact) mass is 499 g/mol. The molecule has 1 atom stereocenters. The minimum atomic E-state index is -1.06. The number of aliphatic imine (C=N–C) groups is 1. The van der Waals surface area contributed by atoms with Crippen LogP contribution >= 0.6 is 24.0 Å². The van der Waals surface area contributed by atoms with Crippen LogP contribution in [0.25, 0.3) is 0 Å². The van der Waals surface area contributed by atoms with Crippen LogP contribution in [0, 0.1) is 0 Å². The second-order valence-electron chi connectivity index (χ2n) is 6.43. The first-order valence-electron chi connectivity index (χ1n) is 9.01. The number of benzene rings is 1. The summed E-state index contributed by atoms with van der Waals surface area (Å²) >= 11 is 0. The normalized spacial score (nSPS) is 13.2. The molecule has 0 aliphatic rings. The SMILES string of the molecule is C=CCOc1ccccc1CN=C(NCC)NCC(C)(O)c1cnn(C)c1.I. The predicted octanol–water partition coefficient (Wildman–Crippen LogP) is 2.57. The van der Waals surface area contributed by atoms with Crippen molar-refractivity contribution in [1.29, 1.82) is 0 Å². The summed E-state index contributed by atoms with van der Waals surface area (Å²) in [6.45, 7) is 9.35. The summed E-state index contributed by atoms with van der Waals surface area (Å²) in [4.78, 5) is 4.61. The van der Waals surface area contributed by atoms with E-state index in [0.717, 1.165) is 23.4 Å². The first-order chi connectivity index (χ1) is 13.0. The number of para-hydroxylation sites is 1. The lowest BCUT2D eigenvalue weighted by atomic mass is 10.00. The predicted molar refractivity (Wildman–Crippen MR) is 123 cm³/mol. The highest BCUT2D eigenvalue weighted by Gasteiger charge is 2.25. The second-order valence-corrected chi connectivity index (χ2v) is 6.43. The zero-order chi connectivity index (χ0) is 19.7. The molecule has 0 saturated carbocycles. The molecule has 7 nitrogen and oxygen atoms in total. The van der Waals surface area contributed by atoms with Crippen LogP contribution in [0.1, 0.15) is 25.0 Å². The third-order valence-corrected chi connectivity index (χ3v) is 4.01. The standard InChI is InChI=1S/C20H29N5O2.HI/c1-5-11-27-18-10-8-7-9-16(18)12-22-19(21-6-2)23-15-20(3,26)17-13-24-25(4)14-17;/h5,7-10,13-14,26H,1,6,11-12,15H2,2-4H3,(H2,21,22,23);1H. The number of aliphatic hydroxyl groups is 1. The molecule has 0 aliphatic heterocycles. The molecule has 1 aromatic heterocycles. The van der Waals surface area contributed by atoms with E-state index in [4.69, 9.17) is 4.74 Å². The van der Waals surface area contributed by atoms with Crippen molar-refractivity contribution in [2.45, 2.75) is 26.0 Å². The van der Waals surface area contributed by atoms with Crippen LogP contribution in [0.4, 0.5) is 0 Å². The van der Waals surface area contributed by atoms with E-state index >= 15 is 0 Å². The molecule has 0 spiro atoms. The number of hydrogen-bond donors (Lipinski definition) is 3. The van der Waals surface area contributed by atoms with Gasteiger partial charge in [-0.05, 0) is 19.9 Å². The Morgan fingerprint density at radius 2 is 2.14 bits per heavy atom. The maximum Gasteiger partial charge on any atom is 0.191 e. The topological polar surface area (TPSA) is 83.7 Å². The number of ether oxygens (including phenoxy) is 1. The van der Waals surface area contributed by atoms with E-state index in [2.05, 4.69) is 27.3 Å². The molecule has 8 heteroatoms. The fourth-order valence-corrected chi connectivity index (χ4v) is 2.49. The van der Waals surface area contributed by atoms with Gasteiger partial charge in [0.1, 0.15) is 18.0 Å². The van der Waals surface area contributed by atoms with Gasteiger partial charge in [-0.3, -0.25) is 4.68 Å². The molecule has 0 aliphatic carbocycles. The Balaban J connectivity index is 0.00000392. The van der Waals surface area contributed by atoms with Gasteiger partial charge in [0, 0.05) is 30.9 Å². The quantitative estimate of drug-likeness (QED) is 0.214. The summed E-state index contributed by atoms with van der Waals surface area (Å²) in [5.41, 5.74) is 0.669. The number of aryl methyl sites for hydroxylation is 1. The lowest BCUT2D eigenvalue weighted by Gasteiger charge is -2.23. The molecule has 2 rings (SSSR count). The van der Waals surface area contributed by atoms with Crippen molar-refractivity contribution in [2.75, 3.05) is 19.7 Å². The fourth-order valence-electron chi connectivity index (χ4n) is 2.49. The summed E-state index contributed by atoms with van der Waals surface area (Å²) in [6, 6.07) is 7.79. The van der Waals surface area contributed by atoms with Crippen LogP contribution in [0.15, 0.2) is 54.3 Å². The highest BCUT2D eigenvalue weighted by atomic mass is 127. The molecule has 28 heavy (non-hydrogen) atoms. The zero-order valence-electron chi connectivity index (χ0n) is 16.7. The first-order valence-corrected chi connectivity index (χ1v) is 9.01. The van der Waals surface area contributed by atoms with E-state index in [-0.39, 0.29) is 24.0 Å². The Bertz CT molecular complexity index is 773. The van der Waals surface area contributed by atoms with E-state index in [9.17, 15) is 5.11 Å². The van der Waals surface area contributed by atoms with Crippen molar-refractivity contribution in [1.82, 2.24) is 20.4 Å². The minimum absolute atomic E-state index is 0. The molecule has 2 aromatic rings. The van der Waals surface area contributed by atoms with Gasteiger partial charge in [0.25, 0.3) is 0 Å². The van der Waals surface area contributed by atoms with Gasteiger partial charge in [-0.15, -0.1) is 24.0 Å². The van der Waals surface area contributed by atoms with Gasteiger partial charge in [0.2, 0.25) is 0 Å². The second kappa shape index (κ2) is 11.7. The number of guanidine groups is 1. The van der Waals surface area contributed by atoms with Crippen LogP contribution in [0.5, 0.6) is 5.75 Å². The molecular formula is C20H30IN5O2.